The molecule has 1 heterocycles. The molecule has 3 rings (SSSR count). The van der Waals surface area contributed by atoms with Crippen molar-refractivity contribution in [3.05, 3.63) is 70.5 Å². The van der Waals surface area contributed by atoms with Crippen molar-refractivity contribution in [2.75, 3.05) is 18.3 Å². The van der Waals surface area contributed by atoms with Crippen LogP contribution in [0.3, 0.4) is 0 Å². The molecular weight excluding hydrogens is 497 g/mol. The summed E-state index contributed by atoms with van der Waals surface area (Å²) in [6.45, 7) is 0. The van der Waals surface area contributed by atoms with Gasteiger partial charge in [0, 0.05) is 22.8 Å². The maximum atomic E-state index is 13.0. The van der Waals surface area contributed by atoms with Gasteiger partial charge >= 0.3 is 0 Å². The van der Waals surface area contributed by atoms with E-state index in [0.717, 1.165) is 23.3 Å². The average molecular weight is 523 g/mol. The zero-order chi connectivity index (χ0) is 23.1. The number of carbonyl (C=O) groups is 2. The highest BCUT2D eigenvalue weighted by atomic mass is 32.2. The number of aromatic nitrogens is 1. The van der Waals surface area contributed by atoms with E-state index in [-0.39, 0.29) is 30.6 Å². The molecule has 1 amide bonds. The van der Waals surface area contributed by atoms with Crippen molar-refractivity contribution < 1.29 is 18.0 Å². The number of nitrogens with zero attached hydrogens (tertiary/aromatic N) is 1. The molecule has 0 bridgehead atoms. The number of thiazole rings is 1. The van der Waals surface area contributed by atoms with Crippen LogP contribution in [-0.4, -0.2) is 49.4 Å². The molecule has 0 unspecified atom stereocenters. The molecule has 0 saturated heterocycles. The molecule has 0 spiro atoms. The van der Waals surface area contributed by atoms with Gasteiger partial charge in [0.15, 0.2) is 15.6 Å². The lowest BCUT2D eigenvalue weighted by atomic mass is 10.1. The molecule has 33 heavy (non-hydrogen) atoms. The fourth-order valence-corrected chi connectivity index (χ4v) is 4.97. The molecule has 1 N–H and O–H groups in total. The van der Waals surface area contributed by atoms with Crippen molar-refractivity contribution in [3.8, 4) is 11.3 Å². The second-order valence-electron chi connectivity index (χ2n) is 7.24. The van der Waals surface area contributed by atoms with Crippen LogP contribution in [0.5, 0.6) is 0 Å². The topological polar surface area (TPSA) is 93.2 Å². The number of hydrogen-bond donors (Lipinski definition) is 1. The second kappa shape index (κ2) is 12.4. The number of thioether (sulfide) groups is 1. The maximum absolute atomic E-state index is 13.0. The fraction of sp³-hybridized carbons (Fsp3) is 0.261. The molecule has 0 aliphatic carbocycles. The fourth-order valence-electron chi connectivity index (χ4n) is 3.05. The molecular formula is C23H26N2O4S4. The van der Waals surface area contributed by atoms with Gasteiger partial charge in [-0.2, -0.15) is 25.3 Å². The van der Waals surface area contributed by atoms with E-state index in [1.165, 1.54) is 35.6 Å². The van der Waals surface area contributed by atoms with Gasteiger partial charge in [-0.15, -0.1) is 11.3 Å². The van der Waals surface area contributed by atoms with E-state index < -0.39 is 21.8 Å². The van der Waals surface area contributed by atoms with Gasteiger partial charge in [0.05, 0.1) is 23.1 Å². The highest BCUT2D eigenvalue weighted by molar-refractivity contribution is 7.98. The van der Waals surface area contributed by atoms with Crippen molar-refractivity contribution in [3.63, 3.8) is 0 Å². The minimum Gasteiger partial charge on any atom is -0.342 e. The molecule has 1 atom stereocenters. The van der Waals surface area contributed by atoms with Crippen LogP contribution < -0.4 is 5.32 Å². The Kier molecular flexibility index (Phi) is 10.2. The number of benzene rings is 2. The van der Waals surface area contributed by atoms with Crippen molar-refractivity contribution in [2.24, 2.45) is 0 Å². The summed E-state index contributed by atoms with van der Waals surface area (Å²) in [5, 5.41) is 5.44. The Hall–Kier alpha value is -2.14. The van der Waals surface area contributed by atoms with Crippen LogP contribution in [0.2, 0.25) is 0 Å². The van der Waals surface area contributed by atoms with E-state index in [1.54, 1.807) is 11.8 Å². The first kappa shape index (κ1) is 27.1. The summed E-state index contributed by atoms with van der Waals surface area (Å²) in [5.41, 5.74) is 2.13. The van der Waals surface area contributed by atoms with Crippen molar-refractivity contribution in [1.29, 1.82) is 0 Å². The van der Waals surface area contributed by atoms with Crippen LogP contribution in [0.25, 0.3) is 11.3 Å². The summed E-state index contributed by atoms with van der Waals surface area (Å²) in [6.07, 6.45) is 3.70. The largest absolute Gasteiger partial charge is 0.342 e. The van der Waals surface area contributed by atoms with Crippen LogP contribution in [-0.2, 0) is 21.1 Å². The quantitative estimate of drug-likeness (QED) is 0.433. The van der Waals surface area contributed by atoms with Crippen molar-refractivity contribution >= 4 is 58.1 Å². The summed E-state index contributed by atoms with van der Waals surface area (Å²) < 4.78 is 23.2. The van der Waals surface area contributed by atoms with Gasteiger partial charge in [-0.1, -0.05) is 30.3 Å². The predicted octanol–water partition coefficient (Wildman–Crippen LogP) is 3.99. The summed E-state index contributed by atoms with van der Waals surface area (Å²) in [5.74, 6) is 0.208. The summed E-state index contributed by atoms with van der Waals surface area (Å²) in [6, 6.07) is 14.8. The monoisotopic (exact) mass is 522 g/mol. The zero-order valence-electron chi connectivity index (χ0n) is 18.3. The van der Waals surface area contributed by atoms with Gasteiger partial charge in [0.25, 0.3) is 5.91 Å². The van der Waals surface area contributed by atoms with E-state index in [2.05, 4.69) is 10.3 Å². The standard InChI is InChI=1S/C23H24N2O4S3.H2S/c1-30-13-12-19(25-23(27)17-8-10-18(11-9-17)32(2,28)29)21(26)14-22-24-20(15-31-22)16-6-4-3-5-7-16;/h3-11,15,19H,12-14H2,1-2H3,(H,25,27);1H2/t19-;/m0./s1. The first-order valence-corrected chi connectivity index (χ1v) is 14.1. The second-order valence-corrected chi connectivity index (χ2v) is 11.2. The van der Waals surface area contributed by atoms with Crippen LogP contribution in [0.15, 0.2) is 64.9 Å². The molecule has 176 valence electrons. The third kappa shape index (κ3) is 7.70. The number of Topliss-reactive ketones (excluding diaryl/α,β-unsaturated/α-hetero) is 1. The van der Waals surface area contributed by atoms with Gasteiger partial charge in [-0.3, -0.25) is 9.59 Å². The van der Waals surface area contributed by atoms with Crippen LogP contribution >= 0.6 is 36.6 Å². The average Bonchev–Trinajstić information content (AvgIpc) is 3.25. The first-order chi connectivity index (χ1) is 15.3. The van der Waals surface area contributed by atoms with E-state index in [4.69, 9.17) is 0 Å². The van der Waals surface area contributed by atoms with E-state index in [1.807, 2.05) is 42.0 Å². The molecule has 0 aliphatic rings. The number of ketones is 1. The molecule has 0 fully saturated rings. The van der Waals surface area contributed by atoms with Crippen LogP contribution in [0.4, 0.5) is 0 Å². The molecule has 0 radical (unpaired) electrons. The Morgan fingerprint density at radius 1 is 1.09 bits per heavy atom. The Balaban J connectivity index is 0.00000385. The van der Waals surface area contributed by atoms with E-state index in [9.17, 15) is 18.0 Å². The third-order valence-corrected chi connectivity index (χ3v) is 7.42. The normalized spacial score (nSPS) is 11.9. The van der Waals surface area contributed by atoms with Gasteiger partial charge in [0.2, 0.25) is 0 Å². The minimum absolute atomic E-state index is 0. The van der Waals surface area contributed by atoms with Crippen LogP contribution in [0, 0.1) is 0 Å². The van der Waals surface area contributed by atoms with E-state index in [0.29, 0.717) is 17.0 Å². The highest BCUT2D eigenvalue weighted by Crippen LogP contribution is 2.22. The lowest BCUT2D eigenvalue weighted by Gasteiger charge is -2.17. The smallest absolute Gasteiger partial charge is 0.251 e. The molecule has 0 aliphatic heterocycles. The summed E-state index contributed by atoms with van der Waals surface area (Å²) in [4.78, 5) is 30.4. The number of rotatable bonds is 10. The Bertz CT molecular complexity index is 1180. The molecule has 10 heteroatoms. The van der Waals surface area contributed by atoms with E-state index >= 15 is 0 Å². The van der Waals surface area contributed by atoms with Gasteiger partial charge in [-0.25, -0.2) is 13.4 Å². The van der Waals surface area contributed by atoms with Crippen molar-refractivity contribution in [2.45, 2.75) is 23.8 Å². The number of hydrogen-bond acceptors (Lipinski definition) is 7. The highest BCUT2D eigenvalue weighted by Gasteiger charge is 2.23. The van der Waals surface area contributed by atoms with Crippen LogP contribution in [0.1, 0.15) is 21.8 Å². The molecule has 6 nitrogen and oxygen atoms in total. The van der Waals surface area contributed by atoms with Gasteiger partial charge in [0.1, 0.15) is 5.01 Å². The number of nitrogens with one attached hydrogen (secondary N) is 1. The molecule has 2 aromatic carbocycles. The predicted molar refractivity (Wildman–Crippen MR) is 140 cm³/mol. The van der Waals surface area contributed by atoms with Gasteiger partial charge < -0.3 is 5.32 Å². The molecule has 0 saturated carbocycles. The number of carbonyl (C=O) groups excluding carboxylic acids is 2. The first-order valence-electron chi connectivity index (χ1n) is 9.90. The maximum Gasteiger partial charge on any atom is 0.251 e. The minimum atomic E-state index is -3.34. The Labute approximate surface area is 209 Å². The molecule has 3 aromatic rings. The Morgan fingerprint density at radius 2 is 1.76 bits per heavy atom. The SMILES string of the molecule is CSCC[C@H](NC(=O)c1ccc(S(C)(=O)=O)cc1)C(=O)Cc1nc(-c2ccccc2)cs1.S. The van der Waals surface area contributed by atoms with Crippen molar-refractivity contribution in [1.82, 2.24) is 10.3 Å². The lowest BCUT2D eigenvalue weighted by molar-refractivity contribution is -0.120. The molecule has 1 aromatic heterocycles. The third-order valence-electron chi connectivity index (χ3n) is 4.80. The summed E-state index contributed by atoms with van der Waals surface area (Å²) >= 11 is 3.03. The number of amides is 1. The number of sulfone groups is 1. The zero-order valence-corrected chi connectivity index (χ0v) is 21.7. The Morgan fingerprint density at radius 3 is 2.36 bits per heavy atom. The lowest BCUT2D eigenvalue weighted by Crippen LogP contribution is -2.42. The summed E-state index contributed by atoms with van der Waals surface area (Å²) in [7, 11) is -3.34. The van der Waals surface area contributed by atoms with Gasteiger partial charge in [-0.05, 0) is 42.7 Å².